The van der Waals surface area contributed by atoms with Crippen molar-refractivity contribution in [3.05, 3.63) is 10.9 Å². The van der Waals surface area contributed by atoms with E-state index in [0.29, 0.717) is 0 Å². The Labute approximate surface area is 113 Å². The summed E-state index contributed by atoms with van der Waals surface area (Å²) in [6, 6.07) is 0. The van der Waals surface area contributed by atoms with Crippen LogP contribution in [0, 0.1) is 0 Å². The quantitative estimate of drug-likeness (QED) is 0.408. The van der Waals surface area contributed by atoms with Crippen molar-refractivity contribution in [2.45, 2.75) is 75.6 Å². The van der Waals surface area contributed by atoms with Crippen molar-refractivity contribution in [2.24, 2.45) is 0 Å². The Balaban J connectivity index is 3.68. The Hall–Kier alpha value is 0.258. The maximum absolute atomic E-state index is 8.87. The Morgan fingerprint density at radius 3 is 1.76 bits per heavy atom. The minimum atomic E-state index is -0.746. The summed E-state index contributed by atoms with van der Waals surface area (Å²) in [6.45, 7) is 4.77. The van der Waals surface area contributed by atoms with Crippen LogP contribution in [0.15, 0.2) is 10.9 Å². The Kier molecular flexibility index (Phi) is 14.5. The van der Waals surface area contributed by atoms with Crippen LogP contribution in [-0.2, 0) is 0 Å². The van der Waals surface area contributed by atoms with Crippen molar-refractivity contribution in [2.75, 3.05) is 6.61 Å². The average Bonchev–Trinajstić information content (AvgIpc) is 2.35. The number of unbranched alkanes of at least 4 members (excludes halogenated alkanes) is 6. The van der Waals surface area contributed by atoms with E-state index in [1.54, 1.807) is 0 Å². The molecule has 0 spiro atoms. The van der Waals surface area contributed by atoms with Crippen LogP contribution in [0.2, 0.25) is 10.4 Å². The van der Waals surface area contributed by atoms with Crippen LogP contribution in [0.5, 0.6) is 0 Å². The first-order valence-electron chi connectivity index (χ1n) is 7.36. The van der Waals surface area contributed by atoms with Crippen LogP contribution < -0.4 is 0 Å². The van der Waals surface area contributed by atoms with Crippen molar-refractivity contribution >= 4 is 14.7 Å². The van der Waals surface area contributed by atoms with Gasteiger partial charge < -0.3 is 0 Å². The van der Waals surface area contributed by atoms with Crippen LogP contribution in [-0.4, -0.2) is 26.4 Å². The molecule has 0 aromatic rings. The summed E-state index contributed by atoms with van der Waals surface area (Å²) in [6.07, 6.45) is 13.1. The van der Waals surface area contributed by atoms with Crippen molar-refractivity contribution in [3.8, 4) is 0 Å². The molecule has 0 rings (SSSR count). The van der Waals surface area contributed by atoms with Gasteiger partial charge in [-0.3, -0.25) is 0 Å². The zero-order valence-corrected chi connectivity index (χ0v) is 13.7. The van der Waals surface area contributed by atoms with Gasteiger partial charge in [-0.15, -0.1) is 0 Å². The topological polar surface area (TPSA) is 20.2 Å². The standard InChI is InChI=1S/C15H31AsO/c1-3-5-7-9-12-16(14-11-15-17)13-10-8-6-4-2/h11,14,17H,3-10,12-13,15H2,1-2H3/b14-11+. The maximum atomic E-state index is 8.87. The predicted molar refractivity (Wildman–Crippen MR) is 79.9 cm³/mol. The van der Waals surface area contributed by atoms with E-state index in [9.17, 15) is 0 Å². The summed E-state index contributed by atoms with van der Waals surface area (Å²) in [7, 11) is 0. The van der Waals surface area contributed by atoms with E-state index < -0.39 is 14.7 Å². The first-order chi connectivity index (χ1) is 8.35. The zero-order valence-electron chi connectivity index (χ0n) is 11.8. The monoisotopic (exact) mass is 302 g/mol. The van der Waals surface area contributed by atoms with E-state index in [0.717, 1.165) is 0 Å². The molecular formula is C15H31AsO. The minimum absolute atomic E-state index is 0.231. The normalized spacial score (nSPS) is 11.8. The Morgan fingerprint density at radius 1 is 0.824 bits per heavy atom. The van der Waals surface area contributed by atoms with Gasteiger partial charge in [0.2, 0.25) is 0 Å². The van der Waals surface area contributed by atoms with Gasteiger partial charge in [0.25, 0.3) is 0 Å². The van der Waals surface area contributed by atoms with Crippen LogP contribution in [0.3, 0.4) is 0 Å². The second kappa shape index (κ2) is 14.3. The van der Waals surface area contributed by atoms with E-state index >= 15 is 0 Å². The third-order valence-electron chi connectivity index (χ3n) is 3.02. The molecule has 1 N–H and O–H groups in total. The third-order valence-corrected chi connectivity index (χ3v) is 8.08. The fraction of sp³-hybridized carbons (Fsp3) is 0.867. The summed E-state index contributed by atoms with van der Waals surface area (Å²) >= 11 is -0.746. The number of hydrogen-bond donors (Lipinski definition) is 1. The number of hydrogen-bond acceptors (Lipinski definition) is 1. The van der Waals surface area contributed by atoms with Crippen molar-refractivity contribution < 1.29 is 5.11 Å². The first kappa shape index (κ1) is 17.3. The van der Waals surface area contributed by atoms with Crippen molar-refractivity contribution in [1.29, 1.82) is 0 Å². The predicted octanol–water partition coefficient (Wildman–Crippen LogP) is 4.73. The molecule has 0 bridgehead atoms. The summed E-state index contributed by atoms with van der Waals surface area (Å²) in [5.41, 5.74) is 0. The van der Waals surface area contributed by atoms with Crippen molar-refractivity contribution in [1.82, 2.24) is 0 Å². The molecule has 0 radical (unpaired) electrons. The molecule has 17 heavy (non-hydrogen) atoms. The molecule has 0 unspecified atom stereocenters. The molecule has 1 nitrogen and oxygen atoms in total. The molecule has 0 aliphatic carbocycles. The molecule has 0 aliphatic heterocycles. The van der Waals surface area contributed by atoms with Gasteiger partial charge in [-0.2, -0.15) is 0 Å². The summed E-state index contributed by atoms with van der Waals surface area (Å²) in [5, 5.41) is 11.8. The van der Waals surface area contributed by atoms with Crippen molar-refractivity contribution in [3.63, 3.8) is 0 Å². The molecule has 102 valence electrons. The van der Waals surface area contributed by atoms with Gasteiger partial charge in [0.05, 0.1) is 0 Å². The van der Waals surface area contributed by atoms with E-state index in [2.05, 4.69) is 18.7 Å². The van der Waals surface area contributed by atoms with E-state index in [4.69, 9.17) is 5.11 Å². The molecular weight excluding hydrogens is 271 g/mol. The number of aliphatic hydroxyl groups excluding tert-OH is 1. The van der Waals surface area contributed by atoms with E-state index in [1.807, 2.05) is 6.08 Å². The molecule has 2 heteroatoms. The molecule has 0 aliphatic rings. The molecule has 0 saturated carbocycles. The van der Waals surface area contributed by atoms with Gasteiger partial charge in [-0.25, -0.2) is 0 Å². The van der Waals surface area contributed by atoms with Gasteiger partial charge in [0.1, 0.15) is 0 Å². The number of aliphatic hydroxyl groups is 1. The number of rotatable bonds is 12. The van der Waals surface area contributed by atoms with E-state index in [1.165, 1.54) is 61.8 Å². The first-order valence-corrected chi connectivity index (χ1v) is 11.1. The Morgan fingerprint density at radius 2 is 1.35 bits per heavy atom. The molecule has 0 aromatic carbocycles. The van der Waals surface area contributed by atoms with E-state index in [-0.39, 0.29) is 6.61 Å². The average molecular weight is 302 g/mol. The second-order valence-corrected chi connectivity index (χ2v) is 9.70. The molecule has 0 fully saturated rings. The SMILES string of the molecule is CCCCCC[As](/C=C/CO)CCCCCC. The van der Waals surface area contributed by atoms with Gasteiger partial charge in [-0.1, -0.05) is 0 Å². The fourth-order valence-corrected chi connectivity index (χ4v) is 6.50. The third kappa shape index (κ3) is 12.5. The molecule has 0 saturated heterocycles. The molecule has 0 amide bonds. The summed E-state index contributed by atoms with van der Waals surface area (Å²) in [5.74, 6) is 0. The fourth-order valence-electron chi connectivity index (χ4n) is 1.94. The van der Waals surface area contributed by atoms with Crippen LogP contribution in [0.1, 0.15) is 65.2 Å². The van der Waals surface area contributed by atoms with Gasteiger partial charge in [0, 0.05) is 0 Å². The Bertz CT molecular complexity index is 156. The van der Waals surface area contributed by atoms with Crippen LogP contribution in [0.25, 0.3) is 0 Å². The molecule has 0 heterocycles. The zero-order chi connectivity index (χ0) is 12.8. The van der Waals surface area contributed by atoms with Gasteiger partial charge in [-0.05, 0) is 0 Å². The second-order valence-electron chi connectivity index (χ2n) is 4.72. The molecule has 0 aromatic heterocycles. The summed E-state index contributed by atoms with van der Waals surface area (Å²) < 4.78 is 0. The van der Waals surface area contributed by atoms with Gasteiger partial charge >= 0.3 is 113 Å². The molecule has 0 atom stereocenters. The van der Waals surface area contributed by atoms with Crippen LogP contribution >= 0.6 is 0 Å². The summed E-state index contributed by atoms with van der Waals surface area (Å²) in [4.78, 5) is 2.38. The van der Waals surface area contributed by atoms with Gasteiger partial charge in [0.15, 0.2) is 0 Å². The van der Waals surface area contributed by atoms with Crippen LogP contribution in [0.4, 0.5) is 0 Å².